The van der Waals surface area contributed by atoms with Crippen molar-refractivity contribution in [2.45, 2.75) is 39.7 Å². The zero-order valence-electron chi connectivity index (χ0n) is 12.2. The van der Waals surface area contributed by atoms with Gasteiger partial charge in [-0.15, -0.1) is 0 Å². The van der Waals surface area contributed by atoms with Crippen molar-refractivity contribution in [3.8, 4) is 0 Å². The van der Waals surface area contributed by atoms with E-state index in [2.05, 4.69) is 37.2 Å². The van der Waals surface area contributed by atoms with Gasteiger partial charge in [-0.1, -0.05) is 52.6 Å². The molecule has 1 aromatic carbocycles. The smallest absolute Gasteiger partial charge is 0.305 e. The monoisotopic (exact) mass is 419 g/mol. The van der Waals surface area contributed by atoms with Gasteiger partial charge in [0.2, 0.25) is 0 Å². The van der Waals surface area contributed by atoms with Crippen LogP contribution in [-0.2, 0) is 4.79 Å². The van der Waals surface area contributed by atoms with Crippen LogP contribution in [0.25, 0.3) is 0 Å². The number of halogens is 2. The van der Waals surface area contributed by atoms with E-state index < -0.39 is 12.0 Å². The molecule has 1 aromatic rings. The van der Waals surface area contributed by atoms with Gasteiger partial charge >= 0.3 is 5.97 Å². The molecule has 21 heavy (non-hydrogen) atoms. The number of benzene rings is 1. The van der Waals surface area contributed by atoms with Crippen LogP contribution in [-0.4, -0.2) is 23.0 Å². The SMILES string of the molecule is CC(C)(C)CC(CC(=O)O)NC(=O)c1cc(Br)cc(Br)c1. The lowest BCUT2D eigenvalue weighted by Crippen LogP contribution is -2.39. The first-order valence-electron chi connectivity index (χ1n) is 6.55. The third kappa shape index (κ3) is 7.09. The van der Waals surface area contributed by atoms with Crippen molar-refractivity contribution >= 4 is 43.7 Å². The number of carbonyl (C=O) groups excluding carboxylic acids is 1. The summed E-state index contributed by atoms with van der Waals surface area (Å²) in [4.78, 5) is 23.2. The topological polar surface area (TPSA) is 66.4 Å². The van der Waals surface area contributed by atoms with Gasteiger partial charge in [0.25, 0.3) is 5.91 Å². The van der Waals surface area contributed by atoms with Crippen LogP contribution in [0.15, 0.2) is 27.1 Å². The van der Waals surface area contributed by atoms with Gasteiger partial charge in [0.05, 0.1) is 6.42 Å². The third-order valence-electron chi connectivity index (χ3n) is 2.74. The second kappa shape index (κ2) is 7.40. The molecule has 1 rings (SSSR count). The van der Waals surface area contributed by atoms with Gasteiger partial charge in [-0.25, -0.2) is 0 Å². The van der Waals surface area contributed by atoms with Gasteiger partial charge in [-0.2, -0.15) is 0 Å². The summed E-state index contributed by atoms with van der Waals surface area (Å²) in [6.07, 6.45) is 0.512. The standard InChI is InChI=1S/C15H19Br2NO3/c1-15(2,3)8-12(7-13(19)20)18-14(21)9-4-10(16)6-11(17)5-9/h4-6,12H,7-8H2,1-3H3,(H,18,21)(H,19,20). The summed E-state index contributed by atoms with van der Waals surface area (Å²) >= 11 is 6.67. The Morgan fingerprint density at radius 2 is 1.71 bits per heavy atom. The zero-order valence-corrected chi connectivity index (χ0v) is 15.4. The van der Waals surface area contributed by atoms with E-state index in [4.69, 9.17) is 5.11 Å². The maximum absolute atomic E-state index is 12.3. The number of amides is 1. The molecule has 0 bridgehead atoms. The van der Waals surface area contributed by atoms with Crippen LogP contribution in [0.5, 0.6) is 0 Å². The van der Waals surface area contributed by atoms with Crippen molar-refractivity contribution in [3.63, 3.8) is 0 Å². The van der Waals surface area contributed by atoms with Crippen LogP contribution in [0.3, 0.4) is 0 Å². The molecule has 0 aliphatic carbocycles. The molecule has 0 aromatic heterocycles. The summed E-state index contributed by atoms with van der Waals surface area (Å²) in [5, 5.41) is 11.8. The van der Waals surface area contributed by atoms with E-state index in [1.54, 1.807) is 12.1 Å². The highest BCUT2D eigenvalue weighted by Gasteiger charge is 2.23. The first kappa shape index (κ1) is 18.2. The minimum atomic E-state index is -0.917. The average Bonchev–Trinajstić information content (AvgIpc) is 2.23. The predicted molar refractivity (Wildman–Crippen MR) is 89.4 cm³/mol. The molecule has 116 valence electrons. The van der Waals surface area contributed by atoms with Gasteiger partial charge in [-0.3, -0.25) is 9.59 Å². The highest BCUT2D eigenvalue weighted by Crippen LogP contribution is 2.23. The second-order valence-corrected chi connectivity index (χ2v) is 8.02. The van der Waals surface area contributed by atoms with Crippen LogP contribution in [0.2, 0.25) is 0 Å². The highest BCUT2D eigenvalue weighted by molar-refractivity contribution is 9.11. The lowest BCUT2D eigenvalue weighted by molar-refractivity contribution is -0.137. The van der Waals surface area contributed by atoms with Crippen LogP contribution in [0.1, 0.15) is 44.0 Å². The normalized spacial score (nSPS) is 12.8. The molecule has 1 unspecified atom stereocenters. The molecule has 0 saturated heterocycles. The second-order valence-electron chi connectivity index (χ2n) is 6.19. The van der Waals surface area contributed by atoms with Crippen LogP contribution in [0.4, 0.5) is 0 Å². The van der Waals surface area contributed by atoms with Crippen molar-refractivity contribution in [2.75, 3.05) is 0 Å². The van der Waals surface area contributed by atoms with Crippen molar-refractivity contribution in [3.05, 3.63) is 32.7 Å². The van der Waals surface area contributed by atoms with Crippen molar-refractivity contribution in [1.29, 1.82) is 0 Å². The third-order valence-corrected chi connectivity index (χ3v) is 3.66. The largest absolute Gasteiger partial charge is 0.481 e. The van der Waals surface area contributed by atoms with E-state index in [0.29, 0.717) is 12.0 Å². The molecule has 1 atom stereocenters. The molecule has 0 aliphatic rings. The van der Waals surface area contributed by atoms with Crippen molar-refractivity contribution < 1.29 is 14.7 Å². The van der Waals surface area contributed by atoms with Crippen LogP contribution >= 0.6 is 31.9 Å². The van der Waals surface area contributed by atoms with Gasteiger partial charge in [0, 0.05) is 20.6 Å². The molecule has 1 amide bonds. The molecule has 0 heterocycles. The lowest BCUT2D eigenvalue weighted by Gasteiger charge is -2.26. The number of aliphatic carboxylic acids is 1. The number of carboxylic acids is 1. The fourth-order valence-electron chi connectivity index (χ4n) is 2.08. The van der Waals surface area contributed by atoms with E-state index in [1.807, 2.05) is 26.8 Å². The molecule has 2 N–H and O–H groups in total. The Kier molecular flexibility index (Phi) is 6.41. The Morgan fingerprint density at radius 1 is 1.19 bits per heavy atom. The van der Waals surface area contributed by atoms with Crippen molar-refractivity contribution in [1.82, 2.24) is 5.32 Å². The Bertz CT molecular complexity index is 518. The molecule has 0 fully saturated rings. The van der Waals surface area contributed by atoms with E-state index in [0.717, 1.165) is 8.95 Å². The van der Waals surface area contributed by atoms with Gasteiger partial charge in [-0.05, 0) is 30.0 Å². The minimum absolute atomic E-state index is 0.0642. The maximum atomic E-state index is 12.3. The molecule has 0 aliphatic heterocycles. The van der Waals surface area contributed by atoms with E-state index in [1.165, 1.54) is 0 Å². The Balaban J connectivity index is 2.86. The molecule has 6 heteroatoms. The summed E-state index contributed by atoms with van der Waals surface area (Å²) in [7, 11) is 0. The summed E-state index contributed by atoms with van der Waals surface area (Å²) in [5.41, 5.74) is 0.422. The van der Waals surface area contributed by atoms with E-state index >= 15 is 0 Å². The lowest BCUT2D eigenvalue weighted by atomic mass is 9.87. The van der Waals surface area contributed by atoms with Gasteiger partial charge < -0.3 is 10.4 Å². The Morgan fingerprint density at radius 3 is 2.14 bits per heavy atom. The average molecular weight is 421 g/mol. The first-order valence-corrected chi connectivity index (χ1v) is 8.14. The van der Waals surface area contributed by atoms with Crippen molar-refractivity contribution in [2.24, 2.45) is 5.41 Å². The quantitative estimate of drug-likeness (QED) is 0.749. The fraction of sp³-hybridized carbons (Fsp3) is 0.467. The predicted octanol–water partition coefficient (Wildman–Crippen LogP) is 4.22. The van der Waals surface area contributed by atoms with Gasteiger partial charge in [0.1, 0.15) is 0 Å². The molecular formula is C15H19Br2NO3. The summed E-state index contributed by atoms with van der Waals surface area (Å²) in [6, 6.07) is 4.85. The number of hydrogen-bond acceptors (Lipinski definition) is 2. The highest BCUT2D eigenvalue weighted by atomic mass is 79.9. The first-order chi connectivity index (χ1) is 9.56. The summed E-state index contributed by atoms with van der Waals surface area (Å²) in [6.45, 7) is 6.05. The number of carboxylic acid groups (broad SMARTS) is 1. The summed E-state index contributed by atoms with van der Waals surface area (Å²) in [5.74, 6) is -1.19. The Hall–Kier alpha value is -0.880. The molecule has 0 radical (unpaired) electrons. The summed E-state index contributed by atoms with van der Waals surface area (Å²) < 4.78 is 1.57. The van der Waals surface area contributed by atoms with Crippen LogP contribution in [0, 0.1) is 5.41 Å². The minimum Gasteiger partial charge on any atom is -0.481 e. The molecular weight excluding hydrogens is 402 g/mol. The fourth-order valence-corrected chi connectivity index (χ4v) is 3.37. The number of carbonyl (C=O) groups is 2. The van der Waals surface area contributed by atoms with E-state index in [9.17, 15) is 9.59 Å². The Labute approximate surface area is 141 Å². The number of hydrogen-bond donors (Lipinski definition) is 2. The molecule has 0 spiro atoms. The van der Waals surface area contributed by atoms with Gasteiger partial charge in [0.15, 0.2) is 0 Å². The number of nitrogens with one attached hydrogen (secondary N) is 1. The van der Waals surface area contributed by atoms with E-state index in [-0.39, 0.29) is 17.7 Å². The molecule has 0 saturated carbocycles. The zero-order chi connectivity index (χ0) is 16.2. The van der Waals surface area contributed by atoms with Crippen LogP contribution < -0.4 is 5.32 Å². The maximum Gasteiger partial charge on any atom is 0.305 e. The number of rotatable bonds is 5. The molecule has 4 nitrogen and oxygen atoms in total.